The molecular formula is C25H20N2O5S. The fourth-order valence-corrected chi connectivity index (χ4v) is 6.26. The molecule has 1 aromatic heterocycles. The number of carbonyl (C=O) groups excluding carboxylic acids is 2. The largest absolute Gasteiger partial charge is 0.460 e. The minimum Gasteiger partial charge on any atom is -0.460 e. The SMILES string of the molecule is CCN1C(=O)c2cccc3c(S(=O)(=O)Nc4ccc5oc6c(c5c4)C(=O)CCC6)ccc1c23. The number of Topliss-reactive ketones (excluding diaryl/α,β-unsaturated/α-hetero) is 1. The summed E-state index contributed by atoms with van der Waals surface area (Å²) >= 11 is 0. The average molecular weight is 461 g/mol. The number of hydrogen-bond acceptors (Lipinski definition) is 5. The second-order valence-electron chi connectivity index (χ2n) is 8.35. The van der Waals surface area contributed by atoms with Crippen LogP contribution in [0.5, 0.6) is 0 Å². The number of carbonyl (C=O) groups is 2. The van der Waals surface area contributed by atoms with Crippen LogP contribution >= 0.6 is 0 Å². The summed E-state index contributed by atoms with van der Waals surface area (Å²) in [5.41, 5.74) is 2.70. The predicted octanol–water partition coefficient (Wildman–Crippen LogP) is 4.89. The van der Waals surface area contributed by atoms with E-state index in [2.05, 4.69) is 4.72 Å². The maximum atomic E-state index is 13.4. The van der Waals surface area contributed by atoms with Crippen molar-refractivity contribution >= 4 is 54.8 Å². The van der Waals surface area contributed by atoms with Crippen LogP contribution in [0.1, 0.15) is 46.2 Å². The van der Waals surface area contributed by atoms with Gasteiger partial charge in [-0.15, -0.1) is 0 Å². The molecule has 33 heavy (non-hydrogen) atoms. The number of furan rings is 1. The Balaban J connectivity index is 1.45. The van der Waals surface area contributed by atoms with E-state index in [4.69, 9.17) is 4.42 Å². The van der Waals surface area contributed by atoms with Gasteiger partial charge in [-0.05, 0) is 49.7 Å². The molecule has 1 amide bonds. The Morgan fingerprint density at radius 1 is 1.03 bits per heavy atom. The highest BCUT2D eigenvalue weighted by atomic mass is 32.2. The lowest BCUT2D eigenvalue weighted by molar-refractivity contribution is 0.0968. The average Bonchev–Trinajstić information content (AvgIpc) is 3.30. The van der Waals surface area contributed by atoms with Gasteiger partial charge in [0.25, 0.3) is 15.9 Å². The van der Waals surface area contributed by atoms with Crippen LogP contribution in [0, 0.1) is 0 Å². The number of hydrogen-bond donors (Lipinski definition) is 1. The molecule has 1 N–H and O–H groups in total. The number of fused-ring (bicyclic) bond motifs is 3. The number of rotatable bonds is 4. The van der Waals surface area contributed by atoms with Crippen LogP contribution < -0.4 is 9.62 Å². The number of nitrogens with one attached hydrogen (secondary N) is 1. The van der Waals surface area contributed by atoms with E-state index in [1.165, 1.54) is 6.07 Å². The van der Waals surface area contributed by atoms with Gasteiger partial charge in [-0.25, -0.2) is 8.42 Å². The van der Waals surface area contributed by atoms with Crippen molar-refractivity contribution in [2.24, 2.45) is 0 Å². The monoisotopic (exact) mass is 460 g/mol. The van der Waals surface area contributed by atoms with Crippen molar-refractivity contribution < 1.29 is 22.4 Å². The molecule has 4 aromatic rings. The minimum absolute atomic E-state index is 0.0210. The topological polar surface area (TPSA) is 96.7 Å². The number of nitrogens with zero attached hydrogens (tertiary/aromatic N) is 1. The van der Waals surface area contributed by atoms with Crippen LogP contribution in [0.4, 0.5) is 11.4 Å². The Hall–Kier alpha value is -3.65. The van der Waals surface area contributed by atoms with E-state index in [0.29, 0.717) is 63.7 Å². The van der Waals surface area contributed by atoms with Crippen molar-refractivity contribution in [1.29, 1.82) is 0 Å². The normalized spacial score (nSPS) is 15.5. The Labute approximate surface area is 190 Å². The van der Waals surface area contributed by atoms with Gasteiger partial charge < -0.3 is 9.32 Å². The molecule has 0 atom stereocenters. The Bertz CT molecular complexity index is 1620. The first-order valence-corrected chi connectivity index (χ1v) is 12.4. The van der Waals surface area contributed by atoms with Crippen LogP contribution in [0.25, 0.3) is 21.7 Å². The summed E-state index contributed by atoms with van der Waals surface area (Å²) in [4.78, 5) is 26.9. The van der Waals surface area contributed by atoms with Crippen molar-refractivity contribution in [1.82, 2.24) is 0 Å². The van der Waals surface area contributed by atoms with Gasteiger partial charge in [0.05, 0.1) is 16.1 Å². The van der Waals surface area contributed by atoms with Gasteiger partial charge in [0, 0.05) is 46.8 Å². The Morgan fingerprint density at radius 2 is 1.88 bits per heavy atom. The van der Waals surface area contributed by atoms with E-state index >= 15 is 0 Å². The number of anilines is 2. The third kappa shape index (κ3) is 2.83. The fourth-order valence-electron chi connectivity index (χ4n) is 5.01. The van der Waals surface area contributed by atoms with E-state index in [9.17, 15) is 18.0 Å². The van der Waals surface area contributed by atoms with Crippen molar-refractivity contribution in [3.8, 4) is 0 Å². The van der Waals surface area contributed by atoms with E-state index < -0.39 is 10.0 Å². The summed E-state index contributed by atoms with van der Waals surface area (Å²) in [6, 6.07) is 13.3. The molecule has 0 unspecified atom stereocenters. The summed E-state index contributed by atoms with van der Waals surface area (Å²) < 4.78 is 35.3. The zero-order chi connectivity index (χ0) is 22.9. The molecule has 0 saturated carbocycles. The Kier molecular flexibility index (Phi) is 4.19. The summed E-state index contributed by atoms with van der Waals surface area (Å²) in [5, 5.41) is 1.77. The number of benzene rings is 3. The fraction of sp³-hybridized carbons (Fsp3) is 0.200. The van der Waals surface area contributed by atoms with Crippen LogP contribution in [-0.4, -0.2) is 26.7 Å². The molecule has 1 aliphatic carbocycles. The first kappa shape index (κ1) is 20.0. The maximum Gasteiger partial charge on any atom is 0.262 e. The lowest BCUT2D eigenvalue weighted by Gasteiger charge is -2.16. The van der Waals surface area contributed by atoms with Crippen molar-refractivity contribution in [3.05, 3.63) is 65.4 Å². The quantitative estimate of drug-likeness (QED) is 0.468. The van der Waals surface area contributed by atoms with Crippen LogP contribution in [0.2, 0.25) is 0 Å². The van der Waals surface area contributed by atoms with Crippen LogP contribution in [-0.2, 0) is 16.4 Å². The van der Waals surface area contributed by atoms with Crippen molar-refractivity contribution in [2.45, 2.75) is 31.1 Å². The first-order valence-electron chi connectivity index (χ1n) is 10.9. The molecule has 0 saturated heterocycles. The Morgan fingerprint density at radius 3 is 2.70 bits per heavy atom. The molecule has 0 radical (unpaired) electrons. The summed E-state index contributed by atoms with van der Waals surface area (Å²) in [5.74, 6) is 0.562. The number of aryl methyl sites for hydroxylation is 1. The molecule has 166 valence electrons. The van der Waals surface area contributed by atoms with Gasteiger partial charge in [0.2, 0.25) is 0 Å². The van der Waals surface area contributed by atoms with Gasteiger partial charge >= 0.3 is 0 Å². The molecule has 1 aliphatic heterocycles. The molecule has 0 spiro atoms. The number of amides is 1. The second-order valence-corrected chi connectivity index (χ2v) is 10.0. The first-order chi connectivity index (χ1) is 15.9. The van der Waals surface area contributed by atoms with Crippen LogP contribution in [0.15, 0.2) is 57.8 Å². The summed E-state index contributed by atoms with van der Waals surface area (Å²) in [6.07, 6.45) is 1.92. The zero-order valence-electron chi connectivity index (χ0n) is 17.8. The van der Waals surface area contributed by atoms with Gasteiger partial charge in [-0.1, -0.05) is 12.1 Å². The molecule has 3 aromatic carbocycles. The van der Waals surface area contributed by atoms with Gasteiger partial charge in [-0.2, -0.15) is 0 Å². The van der Waals surface area contributed by atoms with Gasteiger partial charge in [0.1, 0.15) is 11.3 Å². The minimum atomic E-state index is -3.97. The standard InChI is InChI=1S/C25H20N2O5S/c1-2-27-18-10-12-22(15-5-3-6-16(23(15)18)25(27)29)33(30,31)26-14-9-11-20-17(13-14)24-19(28)7-4-8-21(24)32-20/h3,5-6,9-13,26H,2,4,7-8H2,1H3. The summed E-state index contributed by atoms with van der Waals surface area (Å²) in [7, 11) is -3.97. The lowest BCUT2D eigenvalue weighted by Crippen LogP contribution is -2.25. The van der Waals surface area contributed by atoms with E-state index in [-0.39, 0.29) is 16.6 Å². The molecule has 8 heteroatoms. The molecule has 0 fully saturated rings. The predicted molar refractivity (Wildman–Crippen MR) is 126 cm³/mol. The van der Waals surface area contributed by atoms with E-state index in [0.717, 1.165) is 12.1 Å². The number of ketones is 1. The molecule has 0 bridgehead atoms. The highest BCUT2D eigenvalue weighted by Gasteiger charge is 2.31. The highest BCUT2D eigenvalue weighted by molar-refractivity contribution is 7.93. The summed E-state index contributed by atoms with van der Waals surface area (Å²) in [6.45, 7) is 2.39. The second kappa shape index (κ2) is 6.92. The lowest BCUT2D eigenvalue weighted by atomic mass is 9.94. The van der Waals surface area contributed by atoms with Crippen molar-refractivity contribution in [3.63, 3.8) is 0 Å². The maximum absolute atomic E-state index is 13.4. The zero-order valence-corrected chi connectivity index (χ0v) is 18.7. The smallest absolute Gasteiger partial charge is 0.262 e. The molecular weight excluding hydrogens is 440 g/mol. The van der Waals surface area contributed by atoms with Crippen molar-refractivity contribution in [2.75, 3.05) is 16.2 Å². The third-order valence-corrected chi connectivity index (χ3v) is 7.89. The number of sulfonamides is 1. The van der Waals surface area contributed by atoms with E-state index in [1.54, 1.807) is 47.4 Å². The molecule has 2 heterocycles. The molecule has 7 nitrogen and oxygen atoms in total. The van der Waals surface area contributed by atoms with Crippen LogP contribution in [0.3, 0.4) is 0 Å². The molecule has 6 rings (SSSR count). The van der Waals surface area contributed by atoms with Gasteiger partial charge in [0.15, 0.2) is 5.78 Å². The van der Waals surface area contributed by atoms with E-state index in [1.807, 2.05) is 6.92 Å². The van der Waals surface area contributed by atoms with Gasteiger partial charge in [-0.3, -0.25) is 14.3 Å². The molecule has 2 aliphatic rings. The third-order valence-electron chi connectivity index (χ3n) is 6.45. The highest BCUT2D eigenvalue weighted by Crippen LogP contribution is 2.40.